The summed E-state index contributed by atoms with van der Waals surface area (Å²) < 4.78 is 5.31. The maximum atomic E-state index is 9.54. The zero-order chi connectivity index (χ0) is 18.4. The molecule has 0 radical (unpaired) electrons. The van der Waals surface area contributed by atoms with E-state index in [1.807, 2.05) is 25.1 Å². The highest BCUT2D eigenvalue weighted by Crippen LogP contribution is 2.30. The number of anilines is 1. The molecule has 1 heterocycles. The zero-order valence-electron chi connectivity index (χ0n) is 15.7. The summed E-state index contributed by atoms with van der Waals surface area (Å²) >= 11 is 0. The van der Waals surface area contributed by atoms with Gasteiger partial charge in [0.05, 0.1) is 18.5 Å². The van der Waals surface area contributed by atoms with Crippen molar-refractivity contribution >= 4 is 5.82 Å². The molecule has 0 aliphatic carbocycles. The maximum absolute atomic E-state index is 9.54. The predicted molar refractivity (Wildman–Crippen MR) is 101 cm³/mol. The van der Waals surface area contributed by atoms with E-state index < -0.39 is 0 Å². The molecule has 2 rings (SSSR count). The van der Waals surface area contributed by atoms with E-state index in [2.05, 4.69) is 42.1 Å². The van der Waals surface area contributed by atoms with Gasteiger partial charge in [0.2, 0.25) is 0 Å². The molecule has 0 aliphatic heterocycles. The predicted octanol–water partition coefficient (Wildman–Crippen LogP) is 4.50. The van der Waals surface area contributed by atoms with Crippen LogP contribution < -0.4 is 10.1 Å². The summed E-state index contributed by atoms with van der Waals surface area (Å²) in [6.45, 7) is 8.26. The third-order valence-corrected chi connectivity index (χ3v) is 4.45. The van der Waals surface area contributed by atoms with Crippen LogP contribution in [-0.2, 0) is 6.42 Å². The molecule has 0 amide bonds. The Balaban J connectivity index is 2.52. The van der Waals surface area contributed by atoms with Crippen LogP contribution in [0.3, 0.4) is 0 Å². The number of nitriles is 1. The minimum atomic E-state index is 0.291. The molecule has 0 atom stereocenters. The van der Waals surface area contributed by atoms with Crippen molar-refractivity contribution in [3.63, 3.8) is 0 Å². The molecule has 0 aliphatic rings. The van der Waals surface area contributed by atoms with Crippen LogP contribution in [-0.4, -0.2) is 23.1 Å². The monoisotopic (exact) mass is 338 g/mol. The van der Waals surface area contributed by atoms with Crippen LogP contribution in [0.5, 0.6) is 5.75 Å². The van der Waals surface area contributed by atoms with Crippen molar-refractivity contribution in [2.24, 2.45) is 0 Å². The van der Waals surface area contributed by atoms with E-state index in [9.17, 15) is 5.26 Å². The fourth-order valence-electron chi connectivity index (χ4n) is 2.86. The van der Waals surface area contributed by atoms with E-state index in [1.54, 1.807) is 7.11 Å². The molecule has 0 saturated heterocycles. The fourth-order valence-corrected chi connectivity index (χ4v) is 2.86. The fraction of sp³-hybridized carbons (Fsp3) is 0.450. The van der Waals surface area contributed by atoms with E-state index in [0.717, 1.165) is 47.5 Å². The number of aromatic nitrogens is 2. The van der Waals surface area contributed by atoms with E-state index >= 15 is 0 Å². The second-order valence-electron chi connectivity index (χ2n) is 6.00. The Kier molecular flexibility index (Phi) is 6.35. The van der Waals surface area contributed by atoms with E-state index in [4.69, 9.17) is 4.74 Å². The zero-order valence-corrected chi connectivity index (χ0v) is 15.7. The number of benzene rings is 1. The van der Waals surface area contributed by atoms with Crippen LogP contribution >= 0.6 is 0 Å². The van der Waals surface area contributed by atoms with Crippen molar-refractivity contribution in [3.05, 3.63) is 35.2 Å². The standard InChI is InChI=1S/C20H26N4O/c1-6-14-11-16(25-5)9-10-17(14)19-13(4)22-20(18(12-21)24-19)23-15(7-2)8-3/h9-11,15H,6-8H2,1-5H3,(H,22,23). The van der Waals surface area contributed by atoms with Crippen LogP contribution in [0.15, 0.2) is 18.2 Å². The van der Waals surface area contributed by atoms with Crippen LogP contribution in [0, 0.1) is 18.3 Å². The average Bonchev–Trinajstić information content (AvgIpc) is 2.65. The average molecular weight is 338 g/mol. The van der Waals surface area contributed by atoms with Crippen molar-refractivity contribution in [3.8, 4) is 23.1 Å². The summed E-state index contributed by atoms with van der Waals surface area (Å²) in [5.74, 6) is 1.39. The minimum absolute atomic E-state index is 0.291. The highest BCUT2D eigenvalue weighted by Gasteiger charge is 2.17. The molecule has 0 unspecified atom stereocenters. The molecule has 1 aromatic carbocycles. The van der Waals surface area contributed by atoms with Gasteiger partial charge in [0, 0.05) is 11.6 Å². The third-order valence-electron chi connectivity index (χ3n) is 4.45. The molecular weight excluding hydrogens is 312 g/mol. The van der Waals surface area contributed by atoms with Gasteiger partial charge in [-0.05, 0) is 49.9 Å². The van der Waals surface area contributed by atoms with Crippen molar-refractivity contribution in [2.75, 3.05) is 12.4 Å². The lowest BCUT2D eigenvalue weighted by Crippen LogP contribution is -2.19. The number of aryl methyl sites for hydroxylation is 2. The smallest absolute Gasteiger partial charge is 0.183 e. The van der Waals surface area contributed by atoms with Gasteiger partial charge in [-0.2, -0.15) is 5.26 Å². The van der Waals surface area contributed by atoms with Gasteiger partial charge in [0.25, 0.3) is 0 Å². The summed E-state index contributed by atoms with van der Waals surface area (Å²) in [5.41, 5.74) is 4.03. The van der Waals surface area contributed by atoms with Crippen LogP contribution in [0.25, 0.3) is 11.3 Å². The Morgan fingerprint density at radius 3 is 2.48 bits per heavy atom. The minimum Gasteiger partial charge on any atom is -0.497 e. The highest BCUT2D eigenvalue weighted by atomic mass is 16.5. The first-order chi connectivity index (χ1) is 12.1. The molecule has 0 bridgehead atoms. The van der Waals surface area contributed by atoms with Gasteiger partial charge in [-0.15, -0.1) is 0 Å². The Morgan fingerprint density at radius 2 is 1.92 bits per heavy atom. The molecule has 0 saturated carbocycles. The first-order valence-electron chi connectivity index (χ1n) is 8.80. The SMILES string of the molecule is CCc1cc(OC)ccc1-c1nc(C#N)c(NC(CC)CC)nc1C. The van der Waals surface area contributed by atoms with Crippen molar-refractivity contribution in [1.82, 2.24) is 9.97 Å². The number of ether oxygens (including phenoxy) is 1. The van der Waals surface area contributed by atoms with Crippen LogP contribution in [0.1, 0.15) is 50.6 Å². The topological polar surface area (TPSA) is 70.8 Å². The van der Waals surface area contributed by atoms with Crippen LogP contribution in [0.4, 0.5) is 5.82 Å². The molecule has 132 valence electrons. The molecule has 5 nitrogen and oxygen atoms in total. The molecule has 0 spiro atoms. The van der Waals surface area contributed by atoms with Crippen molar-refractivity contribution < 1.29 is 4.74 Å². The van der Waals surface area contributed by atoms with Gasteiger partial charge >= 0.3 is 0 Å². The Labute approximate surface area is 150 Å². The number of rotatable bonds is 7. The molecule has 0 fully saturated rings. The molecule has 25 heavy (non-hydrogen) atoms. The first kappa shape index (κ1) is 18.7. The first-order valence-corrected chi connectivity index (χ1v) is 8.80. The summed E-state index contributed by atoms with van der Waals surface area (Å²) in [6, 6.07) is 8.39. The summed E-state index contributed by atoms with van der Waals surface area (Å²) in [7, 11) is 1.66. The normalized spacial score (nSPS) is 10.6. The molecule has 5 heteroatoms. The lowest BCUT2D eigenvalue weighted by Gasteiger charge is -2.18. The summed E-state index contributed by atoms with van der Waals surface area (Å²) in [6.07, 6.45) is 2.80. The van der Waals surface area contributed by atoms with Gasteiger partial charge in [0.15, 0.2) is 11.5 Å². The maximum Gasteiger partial charge on any atom is 0.183 e. The number of methoxy groups -OCH3 is 1. The van der Waals surface area contributed by atoms with Crippen molar-refractivity contribution in [1.29, 1.82) is 5.26 Å². The van der Waals surface area contributed by atoms with Gasteiger partial charge < -0.3 is 10.1 Å². The Bertz CT molecular complexity index is 776. The van der Waals surface area contributed by atoms with E-state index in [-0.39, 0.29) is 0 Å². The second kappa shape index (κ2) is 8.48. The molecule has 1 N–H and O–H groups in total. The summed E-state index contributed by atoms with van der Waals surface area (Å²) in [5, 5.41) is 12.9. The van der Waals surface area contributed by atoms with Gasteiger partial charge in [0.1, 0.15) is 11.8 Å². The van der Waals surface area contributed by atoms with Gasteiger partial charge in [-0.25, -0.2) is 9.97 Å². The van der Waals surface area contributed by atoms with Crippen LogP contribution in [0.2, 0.25) is 0 Å². The van der Waals surface area contributed by atoms with Crippen molar-refractivity contribution in [2.45, 2.75) is 53.0 Å². The molecule has 1 aromatic heterocycles. The number of nitrogens with zero attached hydrogens (tertiary/aromatic N) is 3. The van der Waals surface area contributed by atoms with E-state index in [1.165, 1.54) is 0 Å². The lowest BCUT2D eigenvalue weighted by molar-refractivity contribution is 0.414. The van der Waals surface area contributed by atoms with Gasteiger partial charge in [-0.1, -0.05) is 20.8 Å². The number of hydrogen-bond donors (Lipinski definition) is 1. The summed E-state index contributed by atoms with van der Waals surface area (Å²) in [4.78, 5) is 9.27. The third kappa shape index (κ3) is 4.08. The quantitative estimate of drug-likeness (QED) is 0.805. The Hall–Kier alpha value is -2.61. The lowest BCUT2D eigenvalue weighted by atomic mass is 10.0. The van der Waals surface area contributed by atoms with Gasteiger partial charge in [-0.3, -0.25) is 0 Å². The second-order valence-corrected chi connectivity index (χ2v) is 6.00. The molecular formula is C20H26N4O. The van der Waals surface area contributed by atoms with E-state index in [0.29, 0.717) is 17.6 Å². The Morgan fingerprint density at radius 1 is 1.20 bits per heavy atom. The number of hydrogen-bond acceptors (Lipinski definition) is 5. The number of nitrogens with one attached hydrogen (secondary N) is 1. The molecule has 2 aromatic rings. The highest BCUT2D eigenvalue weighted by molar-refractivity contribution is 5.69. The largest absolute Gasteiger partial charge is 0.497 e.